The molecule has 4 nitrogen and oxygen atoms in total. The van der Waals surface area contributed by atoms with Gasteiger partial charge in [0.25, 0.3) is 0 Å². The van der Waals surface area contributed by atoms with Crippen LogP contribution in [0.15, 0.2) is 65.4 Å². The predicted molar refractivity (Wildman–Crippen MR) is 103 cm³/mol. The van der Waals surface area contributed by atoms with Crippen LogP contribution in [0.5, 0.6) is 0 Å². The summed E-state index contributed by atoms with van der Waals surface area (Å²) in [4.78, 5) is 4.33. The molecule has 0 aliphatic carbocycles. The van der Waals surface area contributed by atoms with Crippen molar-refractivity contribution in [1.29, 1.82) is 0 Å². The fraction of sp³-hybridized carbons (Fsp3) is 0.0588. The van der Waals surface area contributed by atoms with Crippen LogP contribution in [0.4, 0.5) is 5.95 Å². The van der Waals surface area contributed by atoms with Crippen molar-refractivity contribution in [2.75, 3.05) is 5.32 Å². The van der Waals surface area contributed by atoms with Gasteiger partial charge < -0.3 is 5.32 Å². The minimum atomic E-state index is 0.0144. The van der Waals surface area contributed by atoms with Crippen molar-refractivity contribution in [1.82, 2.24) is 14.8 Å². The van der Waals surface area contributed by atoms with Crippen molar-refractivity contribution in [3.63, 3.8) is 0 Å². The second-order valence-corrected chi connectivity index (χ2v) is 7.40. The summed E-state index contributed by atoms with van der Waals surface area (Å²) in [6.45, 7) is 0. The van der Waals surface area contributed by atoms with Gasteiger partial charge in [0.05, 0.1) is 0 Å². The molecule has 2 heterocycles. The van der Waals surface area contributed by atoms with E-state index < -0.39 is 0 Å². The van der Waals surface area contributed by atoms with Crippen molar-refractivity contribution in [2.24, 2.45) is 0 Å². The van der Waals surface area contributed by atoms with Crippen LogP contribution in [0.25, 0.3) is 5.70 Å². The molecule has 23 heavy (non-hydrogen) atoms. The first-order chi connectivity index (χ1) is 11.2. The summed E-state index contributed by atoms with van der Waals surface area (Å²) >= 11 is 5.86. The standard InChI is InChI=1S/C17H12BrIN4/c18-13-3-1-2-12(8-13)16-9-15(11-4-6-14(19)7-5-11)22-17-20-10-21-23(16)17/h1-10,16H,(H,20,21,22). The Bertz CT molecular complexity index is 886. The topological polar surface area (TPSA) is 42.7 Å². The second-order valence-electron chi connectivity index (χ2n) is 5.24. The van der Waals surface area contributed by atoms with Gasteiger partial charge in [0.2, 0.25) is 5.95 Å². The van der Waals surface area contributed by atoms with Crippen molar-refractivity contribution < 1.29 is 0 Å². The number of hydrogen-bond acceptors (Lipinski definition) is 3. The monoisotopic (exact) mass is 478 g/mol. The minimum absolute atomic E-state index is 0.0144. The Kier molecular flexibility index (Phi) is 3.94. The molecule has 0 radical (unpaired) electrons. The first-order valence-corrected chi connectivity index (χ1v) is 8.97. The third-order valence-electron chi connectivity index (χ3n) is 3.75. The van der Waals surface area contributed by atoms with Crippen LogP contribution >= 0.6 is 38.5 Å². The maximum atomic E-state index is 4.37. The van der Waals surface area contributed by atoms with Gasteiger partial charge >= 0.3 is 0 Å². The highest BCUT2D eigenvalue weighted by Crippen LogP contribution is 2.32. The zero-order chi connectivity index (χ0) is 15.8. The normalized spacial score (nSPS) is 16.4. The van der Waals surface area contributed by atoms with E-state index in [0.29, 0.717) is 0 Å². The lowest BCUT2D eigenvalue weighted by atomic mass is 10.0. The summed E-state index contributed by atoms with van der Waals surface area (Å²) in [6.07, 6.45) is 3.77. The van der Waals surface area contributed by atoms with E-state index in [9.17, 15) is 0 Å². The minimum Gasteiger partial charge on any atom is -0.324 e. The Morgan fingerprint density at radius 3 is 2.74 bits per heavy atom. The Morgan fingerprint density at radius 1 is 1.13 bits per heavy atom. The number of allylic oxidation sites excluding steroid dienone is 1. The second kappa shape index (κ2) is 6.09. The van der Waals surface area contributed by atoms with E-state index in [-0.39, 0.29) is 6.04 Å². The van der Waals surface area contributed by atoms with Crippen LogP contribution in [-0.2, 0) is 0 Å². The van der Waals surface area contributed by atoms with E-state index in [1.807, 2.05) is 16.8 Å². The lowest BCUT2D eigenvalue weighted by molar-refractivity contribution is 0.611. The van der Waals surface area contributed by atoms with E-state index in [1.54, 1.807) is 6.33 Å². The van der Waals surface area contributed by atoms with E-state index in [1.165, 1.54) is 3.57 Å². The largest absolute Gasteiger partial charge is 0.324 e. The SMILES string of the molecule is Brc1cccc(C2C=C(c3ccc(I)cc3)Nc3ncnn32)c1. The highest BCUT2D eigenvalue weighted by Gasteiger charge is 2.23. The van der Waals surface area contributed by atoms with Crippen molar-refractivity contribution in [3.8, 4) is 0 Å². The molecule has 114 valence electrons. The molecule has 1 N–H and O–H groups in total. The molecule has 0 fully saturated rings. The fourth-order valence-corrected chi connectivity index (χ4v) is 3.44. The predicted octanol–water partition coefficient (Wildman–Crippen LogP) is 4.70. The van der Waals surface area contributed by atoms with Gasteiger partial charge in [0, 0.05) is 13.7 Å². The molecule has 1 aliphatic rings. The van der Waals surface area contributed by atoms with Gasteiger partial charge in [-0.1, -0.05) is 40.2 Å². The molecule has 1 unspecified atom stereocenters. The Morgan fingerprint density at radius 2 is 1.96 bits per heavy atom. The number of anilines is 1. The van der Waals surface area contributed by atoms with E-state index in [2.05, 4.69) is 96.4 Å². The maximum absolute atomic E-state index is 4.37. The van der Waals surface area contributed by atoms with Crippen LogP contribution in [0.2, 0.25) is 0 Å². The first kappa shape index (κ1) is 14.9. The molecule has 1 atom stereocenters. The number of fused-ring (bicyclic) bond motifs is 1. The molecule has 1 aromatic heterocycles. The van der Waals surface area contributed by atoms with Crippen LogP contribution in [0, 0.1) is 3.57 Å². The Hall–Kier alpha value is -1.67. The van der Waals surface area contributed by atoms with E-state index in [4.69, 9.17) is 0 Å². The number of hydrogen-bond donors (Lipinski definition) is 1. The molecule has 0 amide bonds. The molecule has 0 saturated heterocycles. The number of benzene rings is 2. The summed E-state index contributed by atoms with van der Waals surface area (Å²) in [5, 5.41) is 7.73. The quantitative estimate of drug-likeness (QED) is 0.543. The fourth-order valence-electron chi connectivity index (χ4n) is 2.66. The number of nitrogens with zero attached hydrogens (tertiary/aromatic N) is 3. The van der Waals surface area contributed by atoms with Gasteiger partial charge in [-0.05, 0) is 64.1 Å². The zero-order valence-corrected chi connectivity index (χ0v) is 15.7. The molecule has 0 bridgehead atoms. The van der Waals surface area contributed by atoms with Gasteiger partial charge in [0.1, 0.15) is 12.4 Å². The highest BCUT2D eigenvalue weighted by molar-refractivity contribution is 14.1. The summed E-state index contributed by atoms with van der Waals surface area (Å²) in [5.41, 5.74) is 3.35. The molecule has 4 rings (SSSR count). The molecular formula is C17H12BrIN4. The molecule has 1 aliphatic heterocycles. The third-order valence-corrected chi connectivity index (χ3v) is 4.97. The van der Waals surface area contributed by atoms with Gasteiger partial charge in [0.15, 0.2) is 0 Å². The summed E-state index contributed by atoms with van der Waals surface area (Å²) in [7, 11) is 0. The highest BCUT2D eigenvalue weighted by atomic mass is 127. The average molecular weight is 479 g/mol. The zero-order valence-electron chi connectivity index (χ0n) is 11.9. The van der Waals surface area contributed by atoms with Gasteiger partial charge in [-0.25, -0.2) is 4.68 Å². The van der Waals surface area contributed by atoms with Crippen LogP contribution in [-0.4, -0.2) is 14.8 Å². The maximum Gasteiger partial charge on any atom is 0.226 e. The number of rotatable bonds is 2. The summed E-state index contributed by atoms with van der Waals surface area (Å²) in [5.74, 6) is 0.756. The van der Waals surface area contributed by atoms with E-state index in [0.717, 1.165) is 27.2 Å². The lowest BCUT2D eigenvalue weighted by Gasteiger charge is -2.24. The average Bonchev–Trinajstić information content (AvgIpc) is 3.03. The van der Waals surface area contributed by atoms with E-state index >= 15 is 0 Å². The third kappa shape index (κ3) is 2.92. The molecule has 6 heteroatoms. The van der Waals surface area contributed by atoms with Gasteiger partial charge in [-0.15, -0.1) is 0 Å². The number of halogens is 2. The van der Waals surface area contributed by atoms with Crippen molar-refractivity contribution in [3.05, 3.63) is 80.1 Å². The number of aromatic nitrogens is 3. The Balaban J connectivity index is 1.81. The summed E-state index contributed by atoms with van der Waals surface area (Å²) in [6, 6.07) is 16.7. The summed E-state index contributed by atoms with van der Waals surface area (Å²) < 4.78 is 4.17. The lowest BCUT2D eigenvalue weighted by Crippen LogP contribution is -2.20. The molecule has 3 aromatic rings. The Labute approximate surface area is 155 Å². The molecule has 0 saturated carbocycles. The molecular weight excluding hydrogens is 467 g/mol. The van der Waals surface area contributed by atoms with Gasteiger partial charge in [-0.2, -0.15) is 10.1 Å². The molecule has 0 spiro atoms. The first-order valence-electron chi connectivity index (χ1n) is 7.10. The smallest absolute Gasteiger partial charge is 0.226 e. The van der Waals surface area contributed by atoms with Crippen molar-refractivity contribution >= 4 is 50.2 Å². The number of nitrogens with one attached hydrogen (secondary N) is 1. The van der Waals surface area contributed by atoms with Crippen molar-refractivity contribution in [2.45, 2.75) is 6.04 Å². The van der Waals surface area contributed by atoms with Gasteiger partial charge in [-0.3, -0.25) is 0 Å². The van der Waals surface area contributed by atoms with Crippen LogP contribution in [0.1, 0.15) is 17.2 Å². The van der Waals surface area contributed by atoms with Crippen LogP contribution < -0.4 is 5.32 Å². The molecule has 2 aromatic carbocycles. The van der Waals surface area contributed by atoms with Crippen LogP contribution in [0.3, 0.4) is 0 Å².